The Morgan fingerprint density at radius 1 is 1.00 bits per heavy atom. The van der Waals surface area contributed by atoms with Gasteiger partial charge in [-0.15, -0.1) is 0 Å². The molecule has 1 aliphatic heterocycles. The fraction of sp³-hybridized carbons (Fsp3) is 0.304. The molecule has 0 radical (unpaired) electrons. The summed E-state index contributed by atoms with van der Waals surface area (Å²) >= 11 is 6.31. The van der Waals surface area contributed by atoms with E-state index in [1.165, 1.54) is 5.56 Å². The van der Waals surface area contributed by atoms with Crippen LogP contribution in [0.4, 0.5) is 5.82 Å². The molecular formula is C23H24ClN5O. The number of hydrogen-bond acceptors (Lipinski definition) is 5. The van der Waals surface area contributed by atoms with Crippen molar-refractivity contribution in [2.24, 2.45) is 0 Å². The van der Waals surface area contributed by atoms with Crippen molar-refractivity contribution in [3.63, 3.8) is 0 Å². The zero-order valence-electron chi connectivity index (χ0n) is 17.2. The third-order valence-electron chi connectivity index (χ3n) is 5.76. The topological polar surface area (TPSA) is 46.4 Å². The van der Waals surface area contributed by atoms with Crippen LogP contribution in [-0.4, -0.2) is 60.0 Å². The normalized spacial score (nSPS) is 15.2. The van der Waals surface area contributed by atoms with Crippen molar-refractivity contribution in [2.45, 2.75) is 6.54 Å². The Bertz CT molecular complexity index is 1200. The van der Waals surface area contributed by atoms with Gasteiger partial charge in [0.05, 0.1) is 19.2 Å². The summed E-state index contributed by atoms with van der Waals surface area (Å²) in [7, 11) is 3.84. The first-order valence-electron chi connectivity index (χ1n) is 10.1. The first kappa shape index (κ1) is 19.2. The number of hydrogen-bond donors (Lipinski definition) is 0. The van der Waals surface area contributed by atoms with Crippen LogP contribution in [-0.2, 0) is 6.54 Å². The molecule has 0 spiro atoms. The molecule has 1 saturated heterocycles. The van der Waals surface area contributed by atoms with E-state index < -0.39 is 0 Å². The molecule has 2 aromatic heterocycles. The lowest BCUT2D eigenvalue weighted by molar-refractivity contribution is 0.312. The first-order chi connectivity index (χ1) is 14.6. The third kappa shape index (κ3) is 3.57. The van der Waals surface area contributed by atoms with Crippen LogP contribution in [0.25, 0.3) is 21.8 Å². The molecule has 0 amide bonds. The Hall–Kier alpha value is -2.83. The Morgan fingerprint density at radius 3 is 2.50 bits per heavy atom. The van der Waals surface area contributed by atoms with Gasteiger partial charge in [-0.3, -0.25) is 4.68 Å². The maximum absolute atomic E-state index is 6.31. The van der Waals surface area contributed by atoms with Gasteiger partial charge < -0.3 is 14.5 Å². The second-order valence-electron chi connectivity index (χ2n) is 7.82. The number of methoxy groups -OCH3 is 1. The quantitative estimate of drug-likeness (QED) is 0.497. The van der Waals surface area contributed by atoms with Gasteiger partial charge in [0.25, 0.3) is 0 Å². The standard InChI is InChI=1S/C23H24ClN5O/c1-27-9-11-28(12-10-27)23-22-20(19-13-17(24)5-8-21(19)25-23)15-29(26-22)14-16-3-6-18(30-2)7-4-16/h3-8,13,15H,9-12,14H2,1-2H3. The fourth-order valence-corrected chi connectivity index (χ4v) is 4.18. The van der Waals surface area contributed by atoms with Crippen molar-refractivity contribution >= 4 is 39.2 Å². The van der Waals surface area contributed by atoms with E-state index in [9.17, 15) is 0 Å². The number of benzene rings is 2. The van der Waals surface area contributed by atoms with E-state index in [0.717, 1.165) is 59.6 Å². The number of likely N-dealkylation sites (N-methyl/N-ethyl adjacent to an activating group) is 1. The molecule has 7 heteroatoms. The molecule has 0 atom stereocenters. The predicted octanol–water partition coefficient (Wildman–Crippen LogP) is 4.05. The summed E-state index contributed by atoms with van der Waals surface area (Å²) in [6.45, 7) is 4.62. The lowest BCUT2D eigenvalue weighted by Crippen LogP contribution is -2.44. The van der Waals surface area contributed by atoms with E-state index in [1.807, 2.05) is 35.0 Å². The summed E-state index contributed by atoms with van der Waals surface area (Å²) in [6, 6.07) is 14.0. The van der Waals surface area contributed by atoms with Gasteiger partial charge in [0.2, 0.25) is 0 Å². The van der Waals surface area contributed by atoms with Gasteiger partial charge in [-0.05, 0) is 42.9 Å². The van der Waals surface area contributed by atoms with E-state index in [2.05, 4.69) is 35.2 Å². The van der Waals surface area contributed by atoms with Crippen molar-refractivity contribution in [3.8, 4) is 5.75 Å². The summed E-state index contributed by atoms with van der Waals surface area (Å²) in [4.78, 5) is 9.68. The van der Waals surface area contributed by atoms with Crippen LogP contribution in [0, 0.1) is 0 Å². The highest BCUT2D eigenvalue weighted by Gasteiger charge is 2.21. The zero-order chi connectivity index (χ0) is 20.7. The average molecular weight is 422 g/mol. The Morgan fingerprint density at radius 2 is 1.77 bits per heavy atom. The molecule has 2 aromatic carbocycles. The number of ether oxygens (including phenoxy) is 1. The Labute approximate surface area is 180 Å². The fourth-order valence-electron chi connectivity index (χ4n) is 4.01. The van der Waals surface area contributed by atoms with Crippen LogP contribution in [0.5, 0.6) is 5.75 Å². The molecule has 1 fully saturated rings. The van der Waals surface area contributed by atoms with Gasteiger partial charge in [0, 0.05) is 48.2 Å². The second-order valence-corrected chi connectivity index (χ2v) is 8.26. The molecular weight excluding hydrogens is 398 g/mol. The van der Waals surface area contributed by atoms with E-state index in [0.29, 0.717) is 11.6 Å². The molecule has 0 bridgehead atoms. The molecule has 0 saturated carbocycles. The van der Waals surface area contributed by atoms with Gasteiger partial charge in [-0.2, -0.15) is 5.10 Å². The SMILES string of the molecule is COc1ccc(Cn2cc3c(n2)c(N2CCN(C)CC2)nc2ccc(Cl)cc23)cc1. The number of halogens is 1. The van der Waals surface area contributed by atoms with Crippen molar-refractivity contribution in [1.29, 1.82) is 0 Å². The van der Waals surface area contributed by atoms with E-state index >= 15 is 0 Å². The number of piperazine rings is 1. The first-order valence-corrected chi connectivity index (χ1v) is 10.5. The number of rotatable bonds is 4. The average Bonchev–Trinajstić information content (AvgIpc) is 3.18. The Balaban J connectivity index is 1.60. The van der Waals surface area contributed by atoms with Crippen LogP contribution in [0.2, 0.25) is 5.02 Å². The molecule has 30 heavy (non-hydrogen) atoms. The zero-order valence-corrected chi connectivity index (χ0v) is 17.9. The monoisotopic (exact) mass is 421 g/mol. The molecule has 1 aliphatic rings. The van der Waals surface area contributed by atoms with Crippen LogP contribution < -0.4 is 9.64 Å². The third-order valence-corrected chi connectivity index (χ3v) is 5.99. The second kappa shape index (κ2) is 7.78. The highest BCUT2D eigenvalue weighted by atomic mass is 35.5. The van der Waals surface area contributed by atoms with E-state index in [1.54, 1.807) is 7.11 Å². The number of pyridine rings is 1. The van der Waals surface area contributed by atoms with Crippen LogP contribution in [0.3, 0.4) is 0 Å². The van der Waals surface area contributed by atoms with Gasteiger partial charge >= 0.3 is 0 Å². The maximum Gasteiger partial charge on any atom is 0.157 e. The van der Waals surface area contributed by atoms with Crippen LogP contribution >= 0.6 is 11.6 Å². The van der Waals surface area contributed by atoms with Crippen molar-refractivity contribution in [1.82, 2.24) is 19.7 Å². The maximum atomic E-state index is 6.31. The minimum Gasteiger partial charge on any atom is -0.497 e. The van der Waals surface area contributed by atoms with E-state index in [-0.39, 0.29) is 0 Å². The number of fused-ring (bicyclic) bond motifs is 3. The molecule has 0 aliphatic carbocycles. The molecule has 4 aromatic rings. The van der Waals surface area contributed by atoms with Crippen molar-refractivity contribution in [3.05, 3.63) is 59.2 Å². The summed E-state index contributed by atoms with van der Waals surface area (Å²) in [6.07, 6.45) is 2.11. The van der Waals surface area contributed by atoms with Crippen molar-refractivity contribution < 1.29 is 4.74 Å². The lowest BCUT2D eigenvalue weighted by Gasteiger charge is -2.33. The molecule has 5 rings (SSSR count). The molecule has 154 valence electrons. The minimum atomic E-state index is 0.683. The number of aromatic nitrogens is 3. The number of nitrogens with zero attached hydrogens (tertiary/aromatic N) is 5. The molecule has 3 heterocycles. The highest BCUT2D eigenvalue weighted by Crippen LogP contribution is 2.32. The number of anilines is 1. The summed E-state index contributed by atoms with van der Waals surface area (Å²) in [5.74, 6) is 1.81. The molecule has 0 N–H and O–H groups in total. The Kier molecular flexibility index (Phi) is 4.97. The minimum absolute atomic E-state index is 0.683. The van der Waals surface area contributed by atoms with Crippen LogP contribution in [0.15, 0.2) is 48.7 Å². The smallest absolute Gasteiger partial charge is 0.157 e. The highest BCUT2D eigenvalue weighted by molar-refractivity contribution is 6.31. The predicted molar refractivity (Wildman–Crippen MR) is 122 cm³/mol. The molecule has 6 nitrogen and oxygen atoms in total. The van der Waals surface area contributed by atoms with Crippen molar-refractivity contribution in [2.75, 3.05) is 45.2 Å². The summed E-state index contributed by atoms with van der Waals surface area (Å²) < 4.78 is 7.26. The summed E-state index contributed by atoms with van der Waals surface area (Å²) in [5.41, 5.74) is 3.05. The van der Waals surface area contributed by atoms with E-state index in [4.69, 9.17) is 26.4 Å². The van der Waals surface area contributed by atoms with Gasteiger partial charge in [0.15, 0.2) is 5.82 Å². The van der Waals surface area contributed by atoms with Crippen LogP contribution in [0.1, 0.15) is 5.56 Å². The molecule has 0 unspecified atom stereocenters. The summed E-state index contributed by atoms with van der Waals surface area (Å²) in [5, 5.41) is 7.78. The van der Waals surface area contributed by atoms with Gasteiger partial charge in [-0.25, -0.2) is 4.98 Å². The largest absolute Gasteiger partial charge is 0.497 e. The van der Waals surface area contributed by atoms with Gasteiger partial charge in [0.1, 0.15) is 11.3 Å². The van der Waals surface area contributed by atoms with Gasteiger partial charge in [-0.1, -0.05) is 23.7 Å². The lowest BCUT2D eigenvalue weighted by atomic mass is 10.1.